The second-order valence-corrected chi connectivity index (χ2v) is 7.65. The first kappa shape index (κ1) is 17.9. The summed E-state index contributed by atoms with van der Waals surface area (Å²) in [7, 11) is -0.812. The SMILES string of the molecule is Cc1cc(C(=O)Nc2ncccc2O)cc(S(=O)(=O)N(C)C)c1C. The molecule has 0 spiro atoms. The van der Waals surface area contributed by atoms with E-state index in [4.69, 9.17) is 0 Å². The summed E-state index contributed by atoms with van der Waals surface area (Å²) >= 11 is 0. The number of aromatic nitrogens is 1. The maximum Gasteiger partial charge on any atom is 0.256 e. The molecule has 24 heavy (non-hydrogen) atoms. The summed E-state index contributed by atoms with van der Waals surface area (Å²) in [5.74, 6) is -0.712. The Morgan fingerprint density at radius 2 is 1.92 bits per heavy atom. The van der Waals surface area contributed by atoms with Gasteiger partial charge in [-0.15, -0.1) is 0 Å². The molecule has 0 saturated carbocycles. The fourth-order valence-electron chi connectivity index (χ4n) is 2.10. The van der Waals surface area contributed by atoms with E-state index >= 15 is 0 Å². The minimum absolute atomic E-state index is 0.0118. The molecule has 0 aliphatic heterocycles. The minimum Gasteiger partial charge on any atom is -0.504 e. The van der Waals surface area contributed by atoms with Gasteiger partial charge >= 0.3 is 0 Å². The number of amides is 1. The normalized spacial score (nSPS) is 11.5. The summed E-state index contributed by atoms with van der Waals surface area (Å²) in [6.45, 7) is 3.43. The van der Waals surface area contributed by atoms with E-state index in [9.17, 15) is 18.3 Å². The number of hydrogen-bond donors (Lipinski definition) is 2. The van der Waals surface area contributed by atoms with Gasteiger partial charge in [0.25, 0.3) is 5.91 Å². The summed E-state index contributed by atoms with van der Waals surface area (Å²) in [5.41, 5.74) is 1.43. The summed E-state index contributed by atoms with van der Waals surface area (Å²) in [5, 5.41) is 12.2. The molecule has 0 atom stereocenters. The second kappa shape index (κ2) is 6.58. The molecule has 1 aromatic carbocycles. The molecule has 2 N–H and O–H groups in total. The van der Waals surface area contributed by atoms with Gasteiger partial charge < -0.3 is 10.4 Å². The van der Waals surface area contributed by atoms with Crippen LogP contribution in [0.1, 0.15) is 21.5 Å². The summed E-state index contributed by atoms with van der Waals surface area (Å²) in [6.07, 6.45) is 1.43. The first-order valence-corrected chi connectivity index (χ1v) is 8.57. The molecule has 0 saturated heterocycles. The van der Waals surface area contributed by atoms with Gasteiger partial charge in [0.2, 0.25) is 10.0 Å². The number of nitrogens with zero attached hydrogens (tertiary/aromatic N) is 2. The van der Waals surface area contributed by atoms with Crippen LogP contribution in [0, 0.1) is 13.8 Å². The topological polar surface area (TPSA) is 99.6 Å². The number of rotatable bonds is 4. The van der Waals surface area contributed by atoms with Crippen LogP contribution in [0.25, 0.3) is 0 Å². The average Bonchev–Trinajstić information content (AvgIpc) is 2.51. The third-order valence-electron chi connectivity index (χ3n) is 3.66. The number of nitrogens with one attached hydrogen (secondary N) is 1. The maximum absolute atomic E-state index is 12.4. The van der Waals surface area contributed by atoms with Crippen LogP contribution in [-0.2, 0) is 10.0 Å². The van der Waals surface area contributed by atoms with Crippen molar-refractivity contribution in [2.24, 2.45) is 0 Å². The van der Waals surface area contributed by atoms with Gasteiger partial charge in [0.1, 0.15) is 0 Å². The fourth-order valence-corrected chi connectivity index (χ4v) is 3.31. The molecule has 0 bridgehead atoms. The highest BCUT2D eigenvalue weighted by atomic mass is 32.2. The van der Waals surface area contributed by atoms with Crippen LogP contribution in [0.15, 0.2) is 35.4 Å². The number of benzene rings is 1. The molecular weight excluding hydrogens is 330 g/mol. The summed E-state index contributed by atoms with van der Waals surface area (Å²) in [6, 6.07) is 5.85. The number of sulfonamides is 1. The maximum atomic E-state index is 12.4. The van der Waals surface area contributed by atoms with Gasteiger partial charge in [-0.25, -0.2) is 17.7 Å². The lowest BCUT2D eigenvalue weighted by Crippen LogP contribution is -2.24. The minimum atomic E-state index is -3.68. The predicted molar refractivity (Wildman–Crippen MR) is 90.6 cm³/mol. The van der Waals surface area contributed by atoms with Crippen molar-refractivity contribution in [3.8, 4) is 5.75 Å². The van der Waals surface area contributed by atoms with Crippen molar-refractivity contribution in [1.29, 1.82) is 0 Å². The lowest BCUT2D eigenvalue weighted by molar-refractivity contribution is 0.102. The number of anilines is 1. The van der Waals surface area contributed by atoms with Gasteiger partial charge in [-0.05, 0) is 49.2 Å². The van der Waals surface area contributed by atoms with E-state index in [1.54, 1.807) is 19.9 Å². The Morgan fingerprint density at radius 3 is 2.50 bits per heavy atom. The number of hydrogen-bond acceptors (Lipinski definition) is 5. The average molecular weight is 349 g/mol. The number of carbonyl (C=O) groups excluding carboxylic acids is 1. The highest BCUT2D eigenvalue weighted by Crippen LogP contribution is 2.25. The Balaban J connectivity index is 2.47. The molecule has 1 amide bonds. The van der Waals surface area contributed by atoms with E-state index in [1.165, 1.54) is 38.5 Å². The van der Waals surface area contributed by atoms with Gasteiger partial charge in [-0.1, -0.05) is 0 Å². The Morgan fingerprint density at radius 1 is 1.25 bits per heavy atom. The largest absolute Gasteiger partial charge is 0.504 e. The second-order valence-electron chi connectivity index (χ2n) is 5.53. The molecule has 1 aromatic heterocycles. The van der Waals surface area contributed by atoms with Crippen molar-refractivity contribution in [3.63, 3.8) is 0 Å². The lowest BCUT2D eigenvalue weighted by Gasteiger charge is -2.16. The number of pyridine rings is 1. The molecule has 0 fully saturated rings. The van der Waals surface area contributed by atoms with Crippen LogP contribution in [-0.4, -0.2) is 42.8 Å². The molecule has 1 heterocycles. The first-order chi connectivity index (χ1) is 11.1. The molecule has 128 valence electrons. The van der Waals surface area contributed by atoms with E-state index in [2.05, 4.69) is 10.3 Å². The van der Waals surface area contributed by atoms with E-state index in [1.807, 2.05) is 0 Å². The van der Waals surface area contributed by atoms with Crippen molar-refractivity contribution < 1.29 is 18.3 Å². The van der Waals surface area contributed by atoms with Gasteiger partial charge in [0.05, 0.1) is 4.90 Å². The highest BCUT2D eigenvalue weighted by Gasteiger charge is 2.23. The van der Waals surface area contributed by atoms with Crippen molar-refractivity contribution in [3.05, 3.63) is 47.2 Å². The summed E-state index contributed by atoms with van der Waals surface area (Å²) < 4.78 is 26.0. The predicted octanol–water partition coefficient (Wildman–Crippen LogP) is 1.91. The van der Waals surface area contributed by atoms with Gasteiger partial charge in [0.15, 0.2) is 11.6 Å². The fraction of sp³-hybridized carbons (Fsp3) is 0.250. The standard InChI is InChI=1S/C16H19N3O4S/c1-10-8-12(9-14(11(10)2)24(22,23)19(3)4)16(21)18-15-13(20)6-5-7-17-15/h5-9,20H,1-4H3,(H,17,18,21). The van der Waals surface area contributed by atoms with Crippen molar-refractivity contribution in [2.75, 3.05) is 19.4 Å². The van der Waals surface area contributed by atoms with Crippen molar-refractivity contribution in [2.45, 2.75) is 18.7 Å². The Labute approximate surface area is 141 Å². The van der Waals surface area contributed by atoms with E-state index in [0.717, 1.165) is 4.31 Å². The molecule has 2 aromatic rings. The molecular formula is C16H19N3O4S. The van der Waals surface area contributed by atoms with Crippen LogP contribution in [0.5, 0.6) is 5.75 Å². The number of aryl methyl sites for hydroxylation is 1. The van der Waals surface area contributed by atoms with Crippen molar-refractivity contribution >= 4 is 21.7 Å². The van der Waals surface area contributed by atoms with E-state index < -0.39 is 15.9 Å². The Kier molecular flexibility index (Phi) is 4.91. The Bertz CT molecular complexity index is 892. The molecule has 0 unspecified atom stereocenters. The summed E-state index contributed by atoms with van der Waals surface area (Å²) in [4.78, 5) is 16.4. The van der Waals surface area contributed by atoms with Crippen LogP contribution < -0.4 is 5.32 Å². The van der Waals surface area contributed by atoms with Crippen LogP contribution >= 0.6 is 0 Å². The highest BCUT2D eigenvalue weighted by molar-refractivity contribution is 7.89. The zero-order valence-corrected chi connectivity index (χ0v) is 14.7. The number of aromatic hydroxyl groups is 1. The van der Waals surface area contributed by atoms with Gasteiger partial charge in [-0.2, -0.15) is 0 Å². The monoisotopic (exact) mass is 349 g/mol. The quantitative estimate of drug-likeness (QED) is 0.878. The van der Waals surface area contributed by atoms with Gasteiger partial charge in [-0.3, -0.25) is 4.79 Å². The molecule has 0 aliphatic rings. The van der Waals surface area contributed by atoms with Crippen molar-refractivity contribution in [1.82, 2.24) is 9.29 Å². The smallest absolute Gasteiger partial charge is 0.256 e. The zero-order valence-electron chi connectivity index (χ0n) is 13.9. The number of carbonyl (C=O) groups is 1. The van der Waals surface area contributed by atoms with Crippen LogP contribution in [0.3, 0.4) is 0 Å². The van der Waals surface area contributed by atoms with Crippen LogP contribution in [0.4, 0.5) is 5.82 Å². The van der Waals surface area contributed by atoms with E-state index in [-0.39, 0.29) is 22.0 Å². The third-order valence-corrected chi connectivity index (χ3v) is 5.60. The molecule has 0 aliphatic carbocycles. The third kappa shape index (κ3) is 3.39. The van der Waals surface area contributed by atoms with Gasteiger partial charge in [0, 0.05) is 25.9 Å². The molecule has 0 radical (unpaired) electrons. The molecule has 8 heteroatoms. The lowest BCUT2D eigenvalue weighted by atomic mass is 10.1. The molecule has 2 rings (SSSR count). The Hall–Kier alpha value is -2.45. The molecule has 7 nitrogen and oxygen atoms in total. The first-order valence-electron chi connectivity index (χ1n) is 7.13. The van der Waals surface area contributed by atoms with E-state index in [0.29, 0.717) is 11.1 Å². The van der Waals surface area contributed by atoms with Crippen LogP contribution in [0.2, 0.25) is 0 Å². The zero-order chi connectivity index (χ0) is 18.1.